The Morgan fingerprint density at radius 3 is 0.923 bits per heavy atom. The summed E-state index contributed by atoms with van der Waals surface area (Å²) >= 11 is 0. The van der Waals surface area contributed by atoms with Crippen LogP contribution in [0.3, 0.4) is 0 Å². The third kappa shape index (κ3) is 15.1. The highest BCUT2D eigenvalue weighted by Crippen LogP contribution is 2.18. The van der Waals surface area contributed by atoms with Gasteiger partial charge < -0.3 is 4.48 Å². The van der Waals surface area contributed by atoms with Crippen molar-refractivity contribution < 1.29 is 4.48 Å². The van der Waals surface area contributed by atoms with Crippen molar-refractivity contribution in [3.8, 4) is 0 Å². The molecule has 0 aliphatic heterocycles. The van der Waals surface area contributed by atoms with Crippen molar-refractivity contribution in [1.82, 2.24) is 0 Å². The minimum Gasteiger partial charge on any atom is -0.324 e. The minimum atomic E-state index is 1.36. The maximum atomic E-state index is 2.36. The van der Waals surface area contributed by atoms with Crippen molar-refractivity contribution >= 4 is 0 Å². The molecule has 0 amide bonds. The van der Waals surface area contributed by atoms with Crippen molar-refractivity contribution in [2.75, 3.05) is 26.2 Å². The van der Waals surface area contributed by atoms with Crippen LogP contribution in [0.2, 0.25) is 0 Å². The lowest BCUT2D eigenvalue weighted by molar-refractivity contribution is -0.929. The summed E-state index contributed by atoms with van der Waals surface area (Å²) < 4.78 is 1.44. The van der Waals surface area contributed by atoms with Crippen LogP contribution in [0.15, 0.2) is 0 Å². The lowest BCUT2D eigenvalue weighted by atomic mass is 10.0. The molecule has 0 unspecified atom stereocenters. The molecule has 158 valence electrons. The zero-order chi connectivity index (χ0) is 19.3. The molecular formula is C25H54N+. The largest absolute Gasteiger partial charge is 0.324 e. The zero-order valence-corrected chi connectivity index (χ0v) is 19.3. The molecule has 0 spiro atoms. The van der Waals surface area contributed by atoms with Gasteiger partial charge in [-0.2, -0.15) is 0 Å². The first-order chi connectivity index (χ1) is 12.7. The summed E-state index contributed by atoms with van der Waals surface area (Å²) in [7, 11) is 0. The summed E-state index contributed by atoms with van der Waals surface area (Å²) in [5, 5.41) is 0. The first-order valence-corrected chi connectivity index (χ1v) is 12.6. The molecule has 0 rings (SSSR count). The predicted molar refractivity (Wildman–Crippen MR) is 121 cm³/mol. The topological polar surface area (TPSA) is 0 Å². The van der Waals surface area contributed by atoms with Gasteiger partial charge in [0.15, 0.2) is 0 Å². The average Bonchev–Trinajstić information content (AvgIpc) is 2.66. The van der Waals surface area contributed by atoms with Crippen LogP contribution in [-0.2, 0) is 0 Å². The van der Waals surface area contributed by atoms with Gasteiger partial charge in [0.1, 0.15) is 0 Å². The number of hydrogen-bond donors (Lipinski definition) is 0. The van der Waals surface area contributed by atoms with Gasteiger partial charge in [-0.25, -0.2) is 0 Å². The van der Waals surface area contributed by atoms with E-state index >= 15 is 0 Å². The smallest absolute Gasteiger partial charge is 0.0786 e. The van der Waals surface area contributed by atoms with Crippen molar-refractivity contribution in [3.05, 3.63) is 0 Å². The van der Waals surface area contributed by atoms with E-state index < -0.39 is 0 Å². The fourth-order valence-electron chi connectivity index (χ4n) is 4.26. The SMILES string of the molecule is CCCCCCCCCCCCC[N+](CCCC)(CCCC)CCCC. The van der Waals surface area contributed by atoms with Gasteiger partial charge in [0.2, 0.25) is 0 Å². The van der Waals surface area contributed by atoms with Crippen LogP contribution in [0.5, 0.6) is 0 Å². The van der Waals surface area contributed by atoms with E-state index in [1.807, 2.05) is 0 Å². The fraction of sp³-hybridized carbons (Fsp3) is 1.00. The average molecular weight is 369 g/mol. The Morgan fingerprint density at radius 2 is 0.577 bits per heavy atom. The van der Waals surface area contributed by atoms with Gasteiger partial charge in [-0.15, -0.1) is 0 Å². The predicted octanol–water partition coefficient (Wildman–Crippen LogP) is 8.51. The van der Waals surface area contributed by atoms with Gasteiger partial charge in [0.05, 0.1) is 26.2 Å². The molecular weight excluding hydrogens is 314 g/mol. The molecule has 0 aliphatic carbocycles. The number of rotatable bonds is 21. The molecule has 1 nitrogen and oxygen atoms in total. The van der Waals surface area contributed by atoms with Crippen LogP contribution in [0.25, 0.3) is 0 Å². The van der Waals surface area contributed by atoms with Gasteiger partial charge in [0.25, 0.3) is 0 Å². The molecule has 0 bridgehead atoms. The summed E-state index contributed by atoms with van der Waals surface area (Å²) in [6.07, 6.45) is 24.4. The quantitative estimate of drug-likeness (QED) is 0.141. The summed E-state index contributed by atoms with van der Waals surface area (Å²) in [5.41, 5.74) is 0. The third-order valence-corrected chi connectivity index (χ3v) is 6.19. The number of nitrogens with zero attached hydrogens (tertiary/aromatic N) is 1. The standard InChI is InChI=1S/C25H54N/c1-5-9-13-14-15-16-17-18-19-20-21-25-26(22-10-6-2,23-11-7-3)24-12-8-4/h5-25H2,1-4H3/q+1. The Morgan fingerprint density at radius 1 is 0.308 bits per heavy atom. The van der Waals surface area contributed by atoms with Crippen molar-refractivity contribution in [2.24, 2.45) is 0 Å². The second-order valence-corrected chi connectivity index (χ2v) is 8.83. The Labute approximate surface area is 167 Å². The Hall–Kier alpha value is -0.0400. The van der Waals surface area contributed by atoms with Crippen molar-refractivity contribution in [1.29, 1.82) is 0 Å². The highest BCUT2D eigenvalue weighted by molar-refractivity contribution is 4.52. The molecule has 26 heavy (non-hydrogen) atoms. The first kappa shape index (κ1) is 26.0. The first-order valence-electron chi connectivity index (χ1n) is 12.6. The molecule has 0 aromatic heterocycles. The Bertz CT molecular complexity index is 239. The molecule has 0 N–H and O–H groups in total. The van der Waals surface area contributed by atoms with Crippen molar-refractivity contribution in [2.45, 2.75) is 137 Å². The van der Waals surface area contributed by atoms with E-state index in [0.717, 1.165) is 0 Å². The van der Waals surface area contributed by atoms with E-state index in [-0.39, 0.29) is 0 Å². The normalized spacial score (nSPS) is 12.0. The second-order valence-electron chi connectivity index (χ2n) is 8.83. The van der Waals surface area contributed by atoms with E-state index in [9.17, 15) is 0 Å². The molecule has 0 saturated carbocycles. The van der Waals surface area contributed by atoms with Crippen LogP contribution >= 0.6 is 0 Å². The van der Waals surface area contributed by atoms with Crippen LogP contribution in [-0.4, -0.2) is 30.7 Å². The lowest BCUT2D eigenvalue weighted by Gasteiger charge is -2.39. The van der Waals surface area contributed by atoms with Crippen molar-refractivity contribution in [3.63, 3.8) is 0 Å². The Balaban J connectivity index is 3.95. The molecule has 1 heteroatoms. The van der Waals surface area contributed by atoms with Crippen LogP contribution in [0.4, 0.5) is 0 Å². The maximum absolute atomic E-state index is 2.36. The van der Waals surface area contributed by atoms with E-state index in [4.69, 9.17) is 0 Å². The molecule has 0 saturated heterocycles. The fourth-order valence-corrected chi connectivity index (χ4v) is 4.26. The highest BCUT2D eigenvalue weighted by Gasteiger charge is 2.24. The Kier molecular flexibility index (Phi) is 19.7. The van der Waals surface area contributed by atoms with E-state index in [2.05, 4.69) is 27.7 Å². The molecule has 0 aromatic rings. The summed E-state index contributed by atoms with van der Waals surface area (Å²) in [6, 6.07) is 0. The molecule has 0 radical (unpaired) electrons. The van der Waals surface area contributed by atoms with Gasteiger partial charge in [-0.1, -0.05) is 105 Å². The summed E-state index contributed by atoms with van der Waals surface area (Å²) in [6.45, 7) is 15.2. The highest BCUT2D eigenvalue weighted by atomic mass is 15.3. The van der Waals surface area contributed by atoms with E-state index in [0.29, 0.717) is 0 Å². The third-order valence-electron chi connectivity index (χ3n) is 6.19. The molecule has 0 heterocycles. The van der Waals surface area contributed by atoms with E-state index in [1.165, 1.54) is 140 Å². The number of quaternary nitrogens is 1. The monoisotopic (exact) mass is 368 g/mol. The van der Waals surface area contributed by atoms with E-state index in [1.54, 1.807) is 0 Å². The number of unbranched alkanes of at least 4 members (excludes halogenated alkanes) is 13. The zero-order valence-electron chi connectivity index (χ0n) is 19.3. The summed E-state index contributed by atoms with van der Waals surface area (Å²) in [4.78, 5) is 0. The van der Waals surface area contributed by atoms with Gasteiger partial charge in [-0.05, 0) is 32.1 Å². The lowest BCUT2D eigenvalue weighted by Crippen LogP contribution is -2.50. The van der Waals surface area contributed by atoms with Gasteiger partial charge >= 0.3 is 0 Å². The van der Waals surface area contributed by atoms with Gasteiger partial charge in [-0.3, -0.25) is 0 Å². The molecule has 0 fully saturated rings. The molecule has 0 atom stereocenters. The second kappa shape index (κ2) is 19.7. The van der Waals surface area contributed by atoms with Gasteiger partial charge in [0, 0.05) is 0 Å². The van der Waals surface area contributed by atoms with Crippen LogP contribution in [0, 0.1) is 0 Å². The summed E-state index contributed by atoms with van der Waals surface area (Å²) in [5.74, 6) is 0. The minimum absolute atomic E-state index is 1.36. The van der Waals surface area contributed by atoms with Crippen LogP contribution in [0.1, 0.15) is 137 Å². The molecule has 0 aromatic carbocycles. The maximum Gasteiger partial charge on any atom is 0.0786 e. The molecule has 0 aliphatic rings. The van der Waals surface area contributed by atoms with Crippen LogP contribution < -0.4 is 0 Å². The number of hydrogen-bond acceptors (Lipinski definition) is 0.